The number of nitrogens with zero attached hydrogens (tertiary/aromatic N) is 3. The second kappa shape index (κ2) is 17.9. The van der Waals surface area contributed by atoms with Crippen molar-refractivity contribution in [2.24, 2.45) is 0 Å². The molecule has 0 atom stereocenters. The van der Waals surface area contributed by atoms with Crippen LogP contribution < -0.4 is 20.1 Å². The summed E-state index contributed by atoms with van der Waals surface area (Å²) in [6.07, 6.45) is 7.57. The van der Waals surface area contributed by atoms with Gasteiger partial charge in [-0.1, -0.05) is 36.8 Å². The van der Waals surface area contributed by atoms with Gasteiger partial charge in [-0.05, 0) is 56.4 Å². The number of nitrogens with one attached hydrogen (secondary N) is 3. The highest BCUT2D eigenvalue weighted by molar-refractivity contribution is 7.90. The van der Waals surface area contributed by atoms with E-state index in [0.29, 0.717) is 38.0 Å². The highest BCUT2D eigenvalue weighted by atomic mass is 32.2. The average molecular weight is 667 g/mol. The molecular weight excluding hydrogens is 629 g/mol. The summed E-state index contributed by atoms with van der Waals surface area (Å²) in [4.78, 5) is 22.8. The van der Waals surface area contributed by atoms with Crippen LogP contribution in [-0.4, -0.2) is 62.3 Å². The maximum absolute atomic E-state index is 12.2. The number of unbranched alkanes of at least 4 members (excludes halogenated alkanes) is 4. The van der Waals surface area contributed by atoms with Crippen LogP contribution in [0.5, 0.6) is 5.75 Å². The van der Waals surface area contributed by atoms with Gasteiger partial charge in [-0.2, -0.15) is 13.2 Å². The monoisotopic (exact) mass is 666 g/mol. The Hall–Kier alpha value is -4.44. The van der Waals surface area contributed by atoms with Gasteiger partial charge < -0.3 is 20.2 Å². The summed E-state index contributed by atoms with van der Waals surface area (Å²) in [5, 5.41) is 17.9. The fraction of sp³-hybridized carbons (Fsp3) is 0.400. The summed E-state index contributed by atoms with van der Waals surface area (Å²) in [6.45, 7) is 1.36. The quantitative estimate of drug-likeness (QED) is 0.0665. The number of hydrogen-bond acceptors (Lipinski definition) is 10. The Labute approximate surface area is 264 Å². The van der Waals surface area contributed by atoms with E-state index in [2.05, 4.69) is 25.4 Å². The minimum Gasteiger partial charge on any atom is -0.494 e. The van der Waals surface area contributed by atoms with Crippen LogP contribution in [0.15, 0.2) is 67.0 Å². The van der Waals surface area contributed by atoms with Crippen LogP contribution in [0.25, 0.3) is 21.8 Å². The van der Waals surface area contributed by atoms with Crippen molar-refractivity contribution in [1.29, 1.82) is 0 Å². The lowest BCUT2D eigenvalue weighted by molar-refractivity contribution is -0.757. The molecule has 0 radical (unpaired) electrons. The summed E-state index contributed by atoms with van der Waals surface area (Å²) < 4.78 is 65.0. The second-order valence-electron chi connectivity index (χ2n) is 9.97. The van der Waals surface area contributed by atoms with Crippen LogP contribution in [0.4, 0.5) is 24.5 Å². The number of fused-ring (bicyclic) bond motifs is 2. The van der Waals surface area contributed by atoms with Crippen molar-refractivity contribution in [1.82, 2.24) is 14.7 Å². The molecule has 12 nitrogen and oxygen atoms in total. The fourth-order valence-electron chi connectivity index (χ4n) is 4.42. The first kappa shape index (κ1) is 36.0. The molecule has 46 heavy (non-hydrogen) atoms. The molecular formula is C30H37F3N6O6S. The van der Waals surface area contributed by atoms with Crippen molar-refractivity contribution < 1.29 is 36.3 Å². The lowest BCUT2D eigenvalue weighted by Gasteiger charge is -2.11. The van der Waals surface area contributed by atoms with Crippen LogP contribution in [-0.2, 0) is 14.9 Å². The number of sulfonamides is 1. The van der Waals surface area contributed by atoms with E-state index in [0.717, 1.165) is 52.6 Å². The Balaban J connectivity index is 0.000000259. The number of ether oxygens (including phenoxy) is 1. The van der Waals surface area contributed by atoms with Crippen LogP contribution in [0.1, 0.15) is 38.5 Å². The van der Waals surface area contributed by atoms with E-state index in [-0.39, 0.29) is 13.2 Å². The largest absolute Gasteiger partial charge is 0.511 e. The number of hydrogen-bond donors (Lipinski definition) is 3. The maximum Gasteiger partial charge on any atom is 0.511 e. The molecule has 4 rings (SSSR count). The molecule has 0 saturated carbocycles. The van der Waals surface area contributed by atoms with Gasteiger partial charge in [0.25, 0.3) is 5.09 Å². The smallest absolute Gasteiger partial charge is 0.494 e. The summed E-state index contributed by atoms with van der Waals surface area (Å²) >= 11 is 0. The molecule has 0 aliphatic carbocycles. The maximum atomic E-state index is 12.2. The van der Waals surface area contributed by atoms with Gasteiger partial charge in [0.05, 0.1) is 19.2 Å². The minimum atomic E-state index is -5.27. The number of alkyl halides is 3. The standard InChI is InChI=1S/C16H20F3N3O3S.C14H17N3O3/c1-25-14-7-5-6-12-13(8-11-21-15(12)14)20-9-3-2-4-10-22-26(23,24)16(17,18)19;18-17(19)20-11-5-1-4-9-15-14-8-10-16-13-7-3-2-6-12(13)14/h5-8,11,22H,2-4,9-10H2,1H3,(H,20,21);2-3,6-8,10H,1,4-5,9,11H2,(H,15,16). The third-order valence-electron chi connectivity index (χ3n) is 6.70. The Morgan fingerprint density at radius 3 is 2.09 bits per heavy atom. The van der Waals surface area contributed by atoms with Gasteiger partial charge in [-0.3, -0.25) is 9.97 Å². The SMILES string of the molecule is COc1cccc2c(NCCCCCNS(=O)(=O)C(F)(F)F)ccnc12.O=[N+]([O-])OCCCCCNc1ccnc2ccccc12. The fourth-order valence-corrected chi connectivity index (χ4v) is 5.00. The third-order valence-corrected chi connectivity index (χ3v) is 7.90. The second-order valence-corrected chi connectivity index (χ2v) is 11.7. The predicted octanol–water partition coefficient (Wildman–Crippen LogP) is 6.29. The van der Waals surface area contributed by atoms with E-state index in [1.807, 2.05) is 54.6 Å². The number of pyridine rings is 2. The molecule has 0 aliphatic heterocycles. The van der Waals surface area contributed by atoms with Gasteiger partial charge >= 0.3 is 15.5 Å². The Morgan fingerprint density at radius 1 is 0.804 bits per heavy atom. The van der Waals surface area contributed by atoms with Crippen molar-refractivity contribution in [3.8, 4) is 5.75 Å². The number of benzene rings is 2. The lowest BCUT2D eigenvalue weighted by Crippen LogP contribution is -2.36. The normalized spacial score (nSPS) is 11.5. The Bertz CT molecular complexity index is 1650. The van der Waals surface area contributed by atoms with Crippen molar-refractivity contribution in [3.63, 3.8) is 0 Å². The molecule has 0 spiro atoms. The van der Waals surface area contributed by atoms with Crippen LogP contribution in [0.2, 0.25) is 0 Å². The number of rotatable bonds is 17. The van der Waals surface area contributed by atoms with E-state index >= 15 is 0 Å². The molecule has 16 heteroatoms. The van der Waals surface area contributed by atoms with Crippen molar-refractivity contribution in [2.45, 2.75) is 44.0 Å². The number of halogens is 3. The number of aromatic nitrogens is 2. The molecule has 0 amide bonds. The van der Waals surface area contributed by atoms with Crippen LogP contribution in [0, 0.1) is 10.1 Å². The van der Waals surface area contributed by atoms with Crippen molar-refractivity contribution in [3.05, 3.63) is 77.1 Å². The van der Waals surface area contributed by atoms with E-state index in [1.165, 1.54) is 0 Å². The highest BCUT2D eigenvalue weighted by Gasteiger charge is 2.45. The molecule has 250 valence electrons. The van der Waals surface area contributed by atoms with Gasteiger partial charge in [0.15, 0.2) is 0 Å². The molecule has 0 bridgehead atoms. The minimum absolute atomic E-state index is 0.172. The van der Waals surface area contributed by atoms with Crippen LogP contribution in [0.3, 0.4) is 0 Å². The molecule has 2 aromatic heterocycles. The molecule has 0 unspecified atom stereocenters. The zero-order valence-corrected chi connectivity index (χ0v) is 26.1. The Kier molecular flexibility index (Phi) is 14.0. The third kappa shape index (κ3) is 11.2. The predicted molar refractivity (Wildman–Crippen MR) is 171 cm³/mol. The Morgan fingerprint density at radius 2 is 1.41 bits per heavy atom. The van der Waals surface area contributed by atoms with E-state index < -0.39 is 20.6 Å². The van der Waals surface area contributed by atoms with Crippen molar-refractivity contribution in [2.75, 3.05) is 44.0 Å². The molecule has 3 N–H and O–H groups in total. The zero-order valence-electron chi connectivity index (χ0n) is 25.3. The topological polar surface area (TPSA) is 158 Å². The molecule has 4 aromatic rings. The summed E-state index contributed by atoms with van der Waals surface area (Å²) in [5.74, 6) is 0.670. The summed E-state index contributed by atoms with van der Waals surface area (Å²) in [5.41, 5.74) is -1.61. The number of anilines is 2. The first-order chi connectivity index (χ1) is 22.0. The zero-order chi connectivity index (χ0) is 33.4. The van der Waals surface area contributed by atoms with E-state index in [1.54, 1.807) is 24.2 Å². The van der Waals surface area contributed by atoms with E-state index in [9.17, 15) is 31.7 Å². The lowest BCUT2D eigenvalue weighted by atomic mass is 10.1. The first-order valence-corrected chi connectivity index (χ1v) is 16.1. The van der Waals surface area contributed by atoms with E-state index in [4.69, 9.17) is 4.74 Å². The van der Waals surface area contributed by atoms with Gasteiger partial charge in [0, 0.05) is 54.2 Å². The summed E-state index contributed by atoms with van der Waals surface area (Å²) in [6, 6.07) is 17.4. The van der Waals surface area contributed by atoms with Gasteiger partial charge in [-0.15, -0.1) is 10.1 Å². The van der Waals surface area contributed by atoms with Gasteiger partial charge in [0.1, 0.15) is 11.3 Å². The summed E-state index contributed by atoms with van der Waals surface area (Å²) in [7, 11) is -3.68. The highest BCUT2D eigenvalue weighted by Crippen LogP contribution is 2.28. The number of methoxy groups -OCH3 is 1. The number of para-hydroxylation sites is 2. The average Bonchev–Trinajstić information content (AvgIpc) is 3.03. The molecule has 0 aliphatic rings. The van der Waals surface area contributed by atoms with Crippen LogP contribution >= 0.6 is 0 Å². The van der Waals surface area contributed by atoms with Gasteiger partial charge in [-0.25, -0.2) is 13.1 Å². The van der Waals surface area contributed by atoms with Gasteiger partial charge in [0.2, 0.25) is 0 Å². The molecule has 2 heterocycles. The molecule has 0 saturated heterocycles. The van der Waals surface area contributed by atoms with Crippen molar-refractivity contribution >= 4 is 43.2 Å². The molecule has 0 fully saturated rings. The molecule has 2 aromatic carbocycles. The first-order valence-electron chi connectivity index (χ1n) is 14.6.